The fraction of sp³-hybridized carbons (Fsp3) is 0.269. The van der Waals surface area contributed by atoms with Crippen LogP contribution in [-0.4, -0.2) is 67.2 Å². The molecular weight excluding hydrogens is 528 g/mol. The van der Waals surface area contributed by atoms with Crippen LogP contribution in [-0.2, 0) is 20.7 Å². The number of methoxy groups -OCH3 is 2. The van der Waals surface area contributed by atoms with Crippen LogP contribution in [0.4, 0.5) is 9.93 Å². The number of esters is 1. The Kier molecular flexibility index (Phi) is 7.32. The van der Waals surface area contributed by atoms with E-state index in [4.69, 9.17) is 14.2 Å². The summed E-state index contributed by atoms with van der Waals surface area (Å²) in [4.78, 5) is 57.2. The summed E-state index contributed by atoms with van der Waals surface area (Å²) in [7, 11) is 2.71. The van der Waals surface area contributed by atoms with E-state index in [0.29, 0.717) is 41.6 Å². The third kappa shape index (κ3) is 5.21. The van der Waals surface area contributed by atoms with E-state index in [9.17, 15) is 19.2 Å². The Bertz CT molecular complexity index is 1440. The molecule has 2 atom stereocenters. The van der Waals surface area contributed by atoms with Gasteiger partial charge in [-0.25, -0.2) is 19.5 Å². The van der Waals surface area contributed by atoms with E-state index in [2.05, 4.69) is 20.4 Å². The summed E-state index contributed by atoms with van der Waals surface area (Å²) in [6.45, 7) is 0.780. The molecule has 202 valence electrons. The number of urea groups is 1. The summed E-state index contributed by atoms with van der Waals surface area (Å²) in [6.07, 6.45) is -0.0297. The van der Waals surface area contributed by atoms with Crippen LogP contribution in [0.1, 0.15) is 27.7 Å². The maximum absolute atomic E-state index is 13.6. The first-order valence-corrected chi connectivity index (χ1v) is 12.8. The molecule has 13 heteroatoms. The van der Waals surface area contributed by atoms with Crippen LogP contribution < -0.4 is 24.8 Å². The largest absolute Gasteiger partial charge is 0.496 e. The van der Waals surface area contributed by atoms with Gasteiger partial charge in [-0.05, 0) is 29.3 Å². The molecule has 0 bridgehead atoms. The molecule has 2 N–H and O–H groups in total. The predicted octanol–water partition coefficient (Wildman–Crippen LogP) is 2.55. The quantitative estimate of drug-likeness (QED) is 0.318. The molecule has 12 nitrogen and oxygen atoms in total. The molecule has 1 aromatic heterocycles. The van der Waals surface area contributed by atoms with Gasteiger partial charge in [0, 0.05) is 11.8 Å². The summed E-state index contributed by atoms with van der Waals surface area (Å²) < 4.78 is 21.2. The minimum atomic E-state index is -1.26. The lowest BCUT2D eigenvalue weighted by Crippen LogP contribution is -2.49. The predicted molar refractivity (Wildman–Crippen MR) is 138 cm³/mol. The Morgan fingerprint density at radius 3 is 2.69 bits per heavy atom. The number of fused-ring (bicyclic) bond motifs is 1. The zero-order valence-corrected chi connectivity index (χ0v) is 21.8. The van der Waals surface area contributed by atoms with Crippen LogP contribution in [0.5, 0.6) is 17.2 Å². The minimum absolute atomic E-state index is 0.0211. The number of benzene rings is 2. The summed E-state index contributed by atoms with van der Waals surface area (Å²) in [5.74, 6) is -0.435. The van der Waals surface area contributed by atoms with Crippen LogP contribution in [0.15, 0.2) is 47.8 Å². The van der Waals surface area contributed by atoms with Crippen molar-refractivity contribution in [2.24, 2.45) is 0 Å². The standard InChI is InChI=1S/C26H24N4O8S/c1-35-18-6-4-3-5-14(18)11-17(22(31)29-25-27-16(13-39-25)24(33)36-2)30-23(32)21(28-26(30)34)15-7-8-19-20(12-15)38-10-9-37-19/h3-8,12-13,17,21H,9-11H2,1-2H3,(H,28,34)(H,27,29,31). The summed E-state index contributed by atoms with van der Waals surface area (Å²) >= 11 is 1.01. The lowest BCUT2D eigenvalue weighted by Gasteiger charge is -2.25. The molecule has 3 heterocycles. The third-order valence-corrected chi connectivity index (χ3v) is 6.98. The monoisotopic (exact) mass is 552 g/mol. The number of rotatable bonds is 8. The van der Waals surface area contributed by atoms with Gasteiger partial charge < -0.3 is 29.6 Å². The van der Waals surface area contributed by atoms with Gasteiger partial charge in [-0.15, -0.1) is 11.3 Å². The molecular formula is C26H24N4O8S. The van der Waals surface area contributed by atoms with Gasteiger partial charge >= 0.3 is 12.0 Å². The number of nitrogens with one attached hydrogen (secondary N) is 2. The van der Waals surface area contributed by atoms with Gasteiger partial charge in [0.15, 0.2) is 22.3 Å². The first-order chi connectivity index (χ1) is 18.9. The number of nitrogens with zero attached hydrogens (tertiary/aromatic N) is 2. The van der Waals surface area contributed by atoms with Crippen LogP contribution >= 0.6 is 11.3 Å². The zero-order valence-electron chi connectivity index (χ0n) is 21.0. The molecule has 2 aromatic carbocycles. The summed E-state index contributed by atoms with van der Waals surface area (Å²) in [6, 6.07) is 8.95. The lowest BCUT2D eigenvalue weighted by atomic mass is 10.0. The van der Waals surface area contributed by atoms with E-state index in [-0.39, 0.29) is 17.2 Å². The van der Waals surface area contributed by atoms with Gasteiger partial charge in [0.1, 0.15) is 31.0 Å². The van der Waals surface area contributed by atoms with Crippen molar-refractivity contribution in [2.75, 3.05) is 32.8 Å². The average Bonchev–Trinajstić information content (AvgIpc) is 3.54. The van der Waals surface area contributed by atoms with Crippen molar-refractivity contribution in [3.8, 4) is 17.2 Å². The van der Waals surface area contributed by atoms with Crippen LogP contribution in [0, 0.1) is 0 Å². The Morgan fingerprint density at radius 1 is 1.15 bits per heavy atom. The van der Waals surface area contributed by atoms with Crippen LogP contribution in [0.2, 0.25) is 0 Å². The van der Waals surface area contributed by atoms with E-state index in [1.807, 2.05) is 0 Å². The highest BCUT2D eigenvalue weighted by molar-refractivity contribution is 7.14. The number of carbonyl (C=O) groups excluding carboxylic acids is 4. The number of anilines is 1. The third-order valence-electron chi connectivity index (χ3n) is 6.22. The number of aromatic nitrogens is 1. The Balaban J connectivity index is 1.45. The molecule has 1 fully saturated rings. The van der Waals surface area contributed by atoms with Crippen molar-refractivity contribution in [2.45, 2.75) is 18.5 Å². The van der Waals surface area contributed by atoms with Crippen molar-refractivity contribution in [1.29, 1.82) is 0 Å². The fourth-order valence-electron chi connectivity index (χ4n) is 4.35. The average molecular weight is 553 g/mol. The first kappa shape index (κ1) is 26.0. The lowest BCUT2D eigenvalue weighted by molar-refractivity contribution is -0.134. The fourth-order valence-corrected chi connectivity index (χ4v) is 5.04. The maximum atomic E-state index is 13.6. The van der Waals surface area contributed by atoms with Gasteiger partial charge in [0.2, 0.25) is 5.91 Å². The Labute approximate surface area is 226 Å². The maximum Gasteiger partial charge on any atom is 0.357 e. The molecule has 4 amide bonds. The molecule has 39 heavy (non-hydrogen) atoms. The number of hydrogen-bond donors (Lipinski definition) is 2. The normalized spacial score (nSPS) is 16.9. The number of para-hydroxylation sites is 1. The molecule has 2 unspecified atom stereocenters. The van der Waals surface area contributed by atoms with Gasteiger partial charge in [-0.1, -0.05) is 24.3 Å². The highest BCUT2D eigenvalue weighted by Gasteiger charge is 2.46. The number of amides is 4. The highest BCUT2D eigenvalue weighted by atomic mass is 32.1. The van der Waals surface area contributed by atoms with Crippen molar-refractivity contribution in [3.63, 3.8) is 0 Å². The second kappa shape index (κ2) is 11.0. The minimum Gasteiger partial charge on any atom is -0.496 e. The van der Waals surface area contributed by atoms with E-state index in [0.717, 1.165) is 16.2 Å². The number of imide groups is 1. The van der Waals surface area contributed by atoms with E-state index < -0.39 is 35.9 Å². The second-order valence-electron chi connectivity index (χ2n) is 8.54. The van der Waals surface area contributed by atoms with Crippen molar-refractivity contribution < 1.29 is 38.1 Å². The number of ether oxygens (including phenoxy) is 4. The topological polar surface area (TPSA) is 145 Å². The number of carbonyl (C=O) groups is 4. The molecule has 2 aliphatic heterocycles. The Morgan fingerprint density at radius 2 is 1.92 bits per heavy atom. The van der Waals surface area contributed by atoms with Crippen LogP contribution in [0.3, 0.4) is 0 Å². The molecule has 5 rings (SSSR count). The highest BCUT2D eigenvalue weighted by Crippen LogP contribution is 2.35. The second-order valence-corrected chi connectivity index (χ2v) is 9.40. The van der Waals surface area contributed by atoms with Gasteiger partial charge in [-0.3, -0.25) is 9.59 Å². The van der Waals surface area contributed by atoms with Crippen LogP contribution in [0.25, 0.3) is 0 Å². The molecule has 0 saturated carbocycles. The molecule has 0 radical (unpaired) electrons. The van der Waals surface area contributed by atoms with Crippen molar-refractivity contribution in [3.05, 3.63) is 64.7 Å². The van der Waals surface area contributed by atoms with Gasteiger partial charge in [0.05, 0.1) is 14.2 Å². The smallest absolute Gasteiger partial charge is 0.357 e. The summed E-state index contributed by atoms with van der Waals surface area (Å²) in [5.41, 5.74) is 1.12. The molecule has 2 aliphatic rings. The molecule has 1 saturated heterocycles. The first-order valence-electron chi connectivity index (χ1n) is 11.9. The van der Waals surface area contributed by atoms with E-state index in [1.165, 1.54) is 19.6 Å². The van der Waals surface area contributed by atoms with Crippen molar-refractivity contribution in [1.82, 2.24) is 15.2 Å². The molecule has 0 aliphatic carbocycles. The number of hydrogen-bond acceptors (Lipinski definition) is 10. The summed E-state index contributed by atoms with van der Waals surface area (Å²) in [5, 5.41) is 6.84. The van der Waals surface area contributed by atoms with E-state index >= 15 is 0 Å². The van der Waals surface area contributed by atoms with Crippen molar-refractivity contribution >= 4 is 40.3 Å². The number of thiazole rings is 1. The van der Waals surface area contributed by atoms with E-state index in [1.54, 1.807) is 42.5 Å². The Hall–Kier alpha value is -4.65. The molecule has 3 aromatic rings. The SMILES string of the molecule is COC(=O)c1csc(NC(=O)C(Cc2ccccc2OC)N2C(=O)NC(c3ccc4c(c3)OCCO4)C2=O)n1. The molecule has 0 spiro atoms. The van der Waals surface area contributed by atoms with Gasteiger partial charge in [0.25, 0.3) is 5.91 Å². The van der Waals surface area contributed by atoms with Gasteiger partial charge in [-0.2, -0.15) is 0 Å². The zero-order chi connectivity index (χ0) is 27.5.